The van der Waals surface area contributed by atoms with Crippen LogP contribution in [0.2, 0.25) is 0 Å². The number of H-pyrrole nitrogens is 1. The molecule has 0 atom stereocenters. The maximum atomic E-state index is 12.4. The van der Waals surface area contributed by atoms with Crippen molar-refractivity contribution in [3.63, 3.8) is 0 Å². The molecule has 26 heavy (non-hydrogen) atoms. The third-order valence-corrected chi connectivity index (χ3v) is 5.16. The first kappa shape index (κ1) is 18.4. The van der Waals surface area contributed by atoms with Gasteiger partial charge in [-0.25, -0.2) is 0 Å². The van der Waals surface area contributed by atoms with Crippen LogP contribution in [0.1, 0.15) is 60.8 Å². The molecular formula is C20H29N5O. The summed E-state index contributed by atoms with van der Waals surface area (Å²) in [5.41, 5.74) is 2.65. The quantitative estimate of drug-likeness (QED) is 0.710. The number of aromatic amines is 1. The molecule has 6 nitrogen and oxygen atoms in total. The molecule has 140 valence electrons. The summed E-state index contributed by atoms with van der Waals surface area (Å²) >= 11 is 0. The summed E-state index contributed by atoms with van der Waals surface area (Å²) in [5.74, 6) is 1.57. The van der Waals surface area contributed by atoms with Crippen molar-refractivity contribution in [2.75, 3.05) is 11.9 Å². The highest BCUT2D eigenvalue weighted by Gasteiger charge is 2.23. The molecule has 1 aliphatic rings. The average molecular weight is 355 g/mol. The SMILES string of the molecule is CCCc1cc(NCC2CCC(NC(=O)c3cccnc3C)CC2)n[nH]1. The number of aryl methyl sites for hydroxylation is 2. The van der Waals surface area contributed by atoms with Gasteiger partial charge in [0.1, 0.15) is 5.82 Å². The van der Waals surface area contributed by atoms with Gasteiger partial charge < -0.3 is 10.6 Å². The van der Waals surface area contributed by atoms with Crippen LogP contribution in [0.25, 0.3) is 0 Å². The Morgan fingerprint density at radius 3 is 2.85 bits per heavy atom. The molecule has 1 aliphatic carbocycles. The van der Waals surface area contributed by atoms with Gasteiger partial charge in [-0.3, -0.25) is 14.9 Å². The van der Waals surface area contributed by atoms with Crippen molar-refractivity contribution in [3.05, 3.63) is 41.3 Å². The van der Waals surface area contributed by atoms with Crippen molar-refractivity contribution in [2.45, 2.75) is 58.4 Å². The van der Waals surface area contributed by atoms with Gasteiger partial charge in [0.2, 0.25) is 0 Å². The number of carbonyl (C=O) groups is 1. The molecule has 0 unspecified atom stereocenters. The maximum Gasteiger partial charge on any atom is 0.253 e. The zero-order valence-electron chi connectivity index (χ0n) is 15.7. The third-order valence-electron chi connectivity index (χ3n) is 5.16. The number of nitrogens with one attached hydrogen (secondary N) is 3. The van der Waals surface area contributed by atoms with Gasteiger partial charge >= 0.3 is 0 Å². The minimum Gasteiger partial charge on any atom is -0.368 e. The molecule has 6 heteroatoms. The van der Waals surface area contributed by atoms with E-state index in [0.717, 1.165) is 56.6 Å². The highest BCUT2D eigenvalue weighted by molar-refractivity contribution is 5.95. The zero-order chi connectivity index (χ0) is 18.4. The number of aromatic nitrogens is 3. The Balaban J connectivity index is 1.41. The Morgan fingerprint density at radius 1 is 1.31 bits per heavy atom. The van der Waals surface area contributed by atoms with Crippen molar-refractivity contribution in [1.82, 2.24) is 20.5 Å². The van der Waals surface area contributed by atoms with Crippen LogP contribution in [0.4, 0.5) is 5.82 Å². The zero-order valence-corrected chi connectivity index (χ0v) is 15.7. The average Bonchev–Trinajstić information content (AvgIpc) is 3.09. The second-order valence-corrected chi connectivity index (χ2v) is 7.24. The topological polar surface area (TPSA) is 82.7 Å². The first-order valence-corrected chi connectivity index (χ1v) is 9.66. The van der Waals surface area contributed by atoms with Crippen LogP contribution < -0.4 is 10.6 Å². The fourth-order valence-corrected chi connectivity index (χ4v) is 3.60. The van der Waals surface area contributed by atoms with Crippen LogP contribution in [0, 0.1) is 12.8 Å². The molecule has 1 fully saturated rings. The molecule has 1 saturated carbocycles. The molecule has 0 aliphatic heterocycles. The highest BCUT2D eigenvalue weighted by atomic mass is 16.1. The lowest BCUT2D eigenvalue weighted by Crippen LogP contribution is -2.38. The van der Waals surface area contributed by atoms with Crippen molar-refractivity contribution in [1.29, 1.82) is 0 Å². The molecule has 0 aromatic carbocycles. The summed E-state index contributed by atoms with van der Waals surface area (Å²) < 4.78 is 0. The van der Waals surface area contributed by atoms with E-state index in [1.54, 1.807) is 6.20 Å². The lowest BCUT2D eigenvalue weighted by molar-refractivity contribution is 0.0921. The predicted molar refractivity (Wildman–Crippen MR) is 103 cm³/mol. The van der Waals surface area contributed by atoms with Gasteiger partial charge in [0.05, 0.1) is 5.56 Å². The molecule has 0 spiro atoms. The number of rotatable bonds is 7. The van der Waals surface area contributed by atoms with Crippen LogP contribution in [0.5, 0.6) is 0 Å². The van der Waals surface area contributed by atoms with E-state index in [1.807, 2.05) is 19.1 Å². The standard InChI is InChI=1S/C20H29N5O/c1-3-5-17-12-19(25-24-17)22-13-15-7-9-16(10-8-15)23-20(26)18-6-4-11-21-14(18)2/h4,6,11-12,15-16H,3,5,7-10,13H2,1-2H3,(H,23,26)(H2,22,24,25). The number of nitrogens with zero attached hydrogens (tertiary/aromatic N) is 2. The largest absolute Gasteiger partial charge is 0.368 e. The van der Waals surface area contributed by atoms with Gasteiger partial charge in [-0.05, 0) is 57.1 Å². The van der Waals surface area contributed by atoms with Crippen molar-refractivity contribution in [2.24, 2.45) is 5.92 Å². The molecule has 0 saturated heterocycles. The first-order valence-electron chi connectivity index (χ1n) is 9.66. The molecule has 1 amide bonds. The Kier molecular flexibility index (Phi) is 6.26. The van der Waals surface area contributed by atoms with E-state index in [4.69, 9.17) is 0 Å². The number of anilines is 1. The van der Waals surface area contributed by atoms with Crippen LogP contribution in [0.15, 0.2) is 24.4 Å². The van der Waals surface area contributed by atoms with Crippen LogP contribution in [-0.4, -0.2) is 33.7 Å². The summed E-state index contributed by atoms with van der Waals surface area (Å²) in [5, 5.41) is 14.0. The van der Waals surface area contributed by atoms with E-state index in [-0.39, 0.29) is 11.9 Å². The summed E-state index contributed by atoms with van der Waals surface area (Å²) in [6.07, 6.45) is 8.17. The van der Waals surface area contributed by atoms with Gasteiger partial charge in [0.15, 0.2) is 0 Å². The van der Waals surface area contributed by atoms with Gasteiger partial charge in [0.25, 0.3) is 5.91 Å². The fourth-order valence-electron chi connectivity index (χ4n) is 3.60. The molecule has 3 rings (SSSR count). The smallest absolute Gasteiger partial charge is 0.253 e. The molecule has 3 N–H and O–H groups in total. The Labute approximate surface area is 155 Å². The minimum atomic E-state index is -0.00264. The van der Waals surface area contributed by atoms with E-state index < -0.39 is 0 Å². The van der Waals surface area contributed by atoms with Gasteiger partial charge in [-0.15, -0.1) is 0 Å². The van der Waals surface area contributed by atoms with E-state index in [1.165, 1.54) is 5.69 Å². The lowest BCUT2D eigenvalue weighted by atomic mass is 9.86. The van der Waals surface area contributed by atoms with Crippen LogP contribution >= 0.6 is 0 Å². The fraction of sp³-hybridized carbons (Fsp3) is 0.550. The summed E-state index contributed by atoms with van der Waals surface area (Å²) in [6, 6.07) is 6.01. The monoisotopic (exact) mass is 355 g/mol. The Morgan fingerprint density at radius 2 is 2.12 bits per heavy atom. The molecule has 0 radical (unpaired) electrons. The number of carbonyl (C=O) groups excluding carboxylic acids is 1. The predicted octanol–water partition coefficient (Wildman–Crippen LogP) is 3.47. The van der Waals surface area contributed by atoms with Crippen LogP contribution in [0.3, 0.4) is 0 Å². The molecule has 2 aromatic rings. The maximum absolute atomic E-state index is 12.4. The minimum absolute atomic E-state index is 0.00264. The molecule has 2 aromatic heterocycles. The van der Waals surface area contributed by atoms with E-state index in [9.17, 15) is 4.79 Å². The van der Waals surface area contributed by atoms with E-state index in [2.05, 4.69) is 38.8 Å². The van der Waals surface area contributed by atoms with Crippen molar-refractivity contribution < 1.29 is 4.79 Å². The highest BCUT2D eigenvalue weighted by Crippen LogP contribution is 2.25. The van der Waals surface area contributed by atoms with Crippen molar-refractivity contribution in [3.8, 4) is 0 Å². The van der Waals surface area contributed by atoms with Gasteiger partial charge in [0, 0.05) is 36.2 Å². The number of hydrogen-bond acceptors (Lipinski definition) is 4. The normalized spacial score (nSPS) is 19.9. The van der Waals surface area contributed by atoms with Gasteiger partial charge in [-0.1, -0.05) is 13.3 Å². The molecule has 2 heterocycles. The number of hydrogen-bond donors (Lipinski definition) is 3. The van der Waals surface area contributed by atoms with Gasteiger partial charge in [-0.2, -0.15) is 5.10 Å². The molecular weight excluding hydrogens is 326 g/mol. The van der Waals surface area contributed by atoms with Crippen LogP contribution in [-0.2, 0) is 6.42 Å². The molecule has 0 bridgehead atoms. The summed E-state index contributed by atoms with van der Waals surface area (Å²) in [7, 11) is 0. The Hall–Kier alpha value is -2.37. The second kappa shape index (κ2) is 8.83. The number of amides is 1. The van der Waals surface area contributed by atoms with E-state index in [0.29, 0.717) is 11.5 Å². The number of pyridine rings is 1. The van der Waals surface area contributed by atoms with E-state index >= 15 is 0 Å². The second-order valence-electron chi connectivity index (χ2n) is 7.24. The lowest BCUT2D eigenvalue weighted by Gasteiger charge is -2.29. The first-order chi connectivity index (χ1) is 12.7. The summed E-state index contributed by atoms with van der Waals surface area (Å²) in [6.45, 7) is 4.98. The Bertz CT molecular complexity index is 718. The van der Waals surface area contributed by atoms with Crippen molar-refractivity contribution >= 4 is 11.7 Å². The third kappa shape index (κ3) is 4.84. The summed E-state index contributed by atoms with van der Waals surface area (Å²) in [4.78, 5) is 16.6.